The molecule has 6 nitrogen and oxygen atoms in total. The van der Waals surface area contributed by atoms with Crippen LogP contribution in [0.25, 0.3) is 5.69 Å². The van der Waals surface area contributed by atoms with Gasteiger partial charge < -0.3 is 5.32 Å². The van der Waals surface area contributed by atoms with Gasteiger partial charge in [-0.1, -0.05) is 36.4 Å². The lowest BCUT2D eigenvalue weighted by Crippen LogP contribution is -2.15. The third-order valence-electron chi connectivity index (χ3n) is 3.39. The van der Waals surface area contributed by atoms with Crippen molar-refractivity contribution in [3.05, 3.63) is 76.8 Å². The van der Waals surface area contributed by atoms with Gasteiger partial charge in [-0.05, 0) is 36.4 Å². The highest BCUT2D eigenvalue weighted by Crippen LogP contribution is 2.31. The molecule has 114 valence electrons. The fourth-order valence-corrected chi connectivity index (χ4v) is 2.27. The molecule has 1 aromatic heterocycles. The van der Waals surface area contributed by atoms with Crippen LogP contribution in [-0.4, -0.2) is 15.7 Å². The van der Waals surface area contributed by atoms with Crippen LogP contribution in [0, 0.1) is 11.8 Å². The summed E-state index contributed by atoms with van der Waals surface area (Å²) < 4.78 is 1.51. The molecular formula is C17H14N4O2. The number of nitrogens with one attached hydrogen (secondary N) is 1. The van der Waals surface area contributed by atoms with Crippen molar-refractivity contribution in [1.29, 1.82) is 0 Å². The summed E-state index contributed by atoms with van der Waals surface area (Å²) in [6, 6.07) is 18.0. The summed E-state index contributed by atoms with van der Waals surface area (Å²) in [7, 11) is 0. The lowest BCUT2D eigenvalue weighted by atomic mass is 10.2. The summed E-state index contributed by atoms with van der Waals surface area (Å²) in [5, 5.41) is 10.1. The van der Waals surface area contributed by atoms with Gasteiger partial charge in [0, 0.05) is 5.56 Å². The zero-order valence-corrected chi connectivity index (χ0v) is 12.4. The number of hydrogen-bond acceptors (Lipinski definition) is 4. The van der Waals surface area contributed by atoms with Crippen LogP contribution in [0.2, 0.25) is 0 Å². The molecule has 0 aliphatic heterocycles. The second-order valence-electron chi connectivity index (χ2n) is 4.94. The molecule has 2 aromatic carbocycles. The smallest absolute Gasteiger partial charge is 0.256 e. The Morgan fingerprint density at radius 1 is 1.04 bits per heavy atom. The predicted octanol–water partition coefficient (Wildman–Crippen LogP) is 3.83. The molecule has 0 aliphatic carbocycles. The Labute approximate surface area is 132 Å². The van der Waals surface area contributed by atoms with Crippen LogP contribution in [0.3, 0.4) is 0 Å². The highest BCUT2D eigenvalue weighted by atomic mass is 16.3. The van der Waals surface area contributed by atoms with E-state index < -0.39 is 0 Å². The molecule has 6 heteroatoms. The van der Waals surface area contributed by atoms with E-state index in [4.69, 9.17) is 0 Å². The average molecular weight is 306 g/mol. The molecule has 0 unspecified atom stereocenters. The first-order valence-corrected chi connectivity index (χ1v) is 7.05. The quantitative estimate of drug-likeness (QED) is 0.744. The number of carbonyl (C=O) groups excluding carboxylic acids is 1. The summed E-state index contributed by atoms with van der Waals surface area (Å²) in [4.78, 5) is 23.5. The lowest BCUT2D eigenvalue weighted by molar-refractivity contribution is 0.102. The molecule has 0 spiro atoms. The number of anilines is 1. The fourth-order valence-electron chi connectivity index (χ4n) is 2.27. The number of hydrogen-bond donors (Lipinski definition) is 1. The van der Waals surface area contributed by atoms with Gasteiger partial charge in [-0.15, -0.1) is 4.91 Å². The second-order valence-corrected chi connectivity index (χ2v) is 4.94. The minimum Gasteiger partial charge on any atom is -0.305 e. The van der Waals surface area contributed by atoms with E-state index in [2.05, 4.69) is 15.6 Å². The summed E-state index contributed by atoms with van der Waals surface area (Å²) in [6.45, 7) is 1.67. The van der Waals surface area contributed by atoms with Crippen LogP contribution in [0.5, 0.6) is 0 Å². The van der Waals surface area contributed by atoms with Crippen molar-refractivity contribution in [3.8, 4) is 5.69 Å². The van der Waals surface area contributed by atoms with Gasteiger partial charge in [0.15, 0.2) is 11.5 Å². The van der Waals surface area contributed by atoms with Crippen molar-refractivity contribution >= 4 is 17.4 Å². The molecule has 0 saturated heterocycles. The van der Waals surface area contributed by atoms with E-state index in [0.717, 1.165) is 5.69 Å². The van der Waals surface area contributed by atoms with Crippen molar-refractivity contribution in [1.82, 2.24) is 9.78 Å². The maximum absolute atomic E-state index is 12.4. The van der Waals surface area contributed by atoms with Gasteiger partial charge in [0.25, 0.3) is 5.91 Å². The summed E-state index contributed by atoms with van der Waals surface area (Å²) in [6.07, 6.45) is 0. The monoisotopic (exact) mass is 306 g/mol. The maximum Gasteiger partial charge on any atom is 0.256 e. The van der Waals surface area contributed by atoms with Crippen LogP contribution >= 0.6 is 0 Å². The van der Waals surface area contributed by atoms with E-state index in [9.17, 15) is 9.70 Å². The molecule has 1 heterocycles. The summed E-state index contributed by atoms with van der Waals surface area (Å²) in [5.41, 5.74) is 1.79. The minimum atomic E-state index is -0.326. The van der Waals surface area contributed by atoms with E-state index in [1.165, 1.54) is 4.68 Å². The Morgan fingerprint density at radius 2 is 1.65 bits per heavy atom. The number of nitroso groups, excluding NO2 is 1. The number of nitrogens with zero attached hydrogens (tertiary/aromatic N) is 3. The van der Waals surface area contributed by atoms with Crippen molar-refractivity contribution in [2.24, 2.45) is 5.18 Å². The second kappa shape index (κ2) is 6.23. The molecule has 0 fully saturated rings. The van der Waals surface area contributed by atoms with Gasteiger partial charge in [0.1, 0.15) is 0 Å². The highest BCUT2D eigenvalue weighted by Gasteiger charge is 2.20. The first kappa shape index (κ1) is 14.6. The molecule has 3 aromatic rings. The number of benzene rings is 2. The Morgan fingerprint density at radius 3 is 2.26 bits per heavy atom. The number of aromatic nitrogens is 2. The van der Waals surface area contributed by atoms with Gasteiger partial charge >= 0.3 is 0 Å². The Kier molecular flexibility index (Phi) is 3.97. The third-order valence-corrected chi connectivity index (χ3v) is 3.39. The van der Waals surface area contributed by atoms with Crippen LogP contribution < -0.4 is 5.32 Å². The SMILES string of the molecule is Cc1nn(-c2ccccc2)c(NC(=O)c2ccccc2)c1N=O. The normalized spacial score (nSPS) is 10.3. The topological polar surface area (TPSA) is 76.3 Å². The van der Waals surface area contributed by atoms with Crippen molar-refractivity contribution in [2.75, 3.05) is 5.32 Å². The summed E-state index contributed by atoms with van der Waals surface area (Å²) >= 11 is 0. The molecule has 0 radical (unpaired) electrons. The number of aryl methyl sites for hydroxylation is 1. The Hall–Kier alpha value is -3.28. The van der Waals surface area contributed by atoms with Crippen LogP contribution in [-0.2, 0) is 0 Å². The van der Waals surface area contributed by atoms with Gasteiger partial charge in [-0.2, -0.15) is 5.10 Å². The third kappa shape index (κ3) is 2.87. The maximum atomic E-state index is 12.4. The molecular weight excluding hydrogens is 292 g/mol. The molecule has 0 aliphatic rings. The summed E-state index contributed by atoms with van der Waals surface area (Å²) in [5.74, 6) is -0.0647. The molecule has 1 N–H and O–H groups in total. The number of rotatable bonds is 4. The standard InChI is InChI=1S/C17H14N4O2/c1-12-15(20-23)16(18-17(22)13-8-4-2-5-9-13)21(19-12)14-10-6-3-7-11-14/h2-11H,1H3,(H,18,22). The fraction of sp³-hybridized carbons (Fsp3) is 0.0588. The van der Waals surface area contributed by atoms with E-state index in [0.29, 0.717) is 11.3 Å². The largest absolute Gasteiger partial charge is 0.305 e. The molecule has 0 atom stereocenters. The van der Waals surface area contributed by atoms with E-state index >= 15 is 0 Å². The molecule has 3 rings (SSSR count). The van der Waals surface area contributed by atoms with Gasteiger partial charge in [-0.3, -0.25) is 4.79 Å². The van der Waals surface area contributed by atoms with E-state index in [1.54, 1.807) is 31.2 Å². The van der Waals surface area contributed by atoms with Crippen molar-refractivity contribution in [2.45, 2.75) is 6.92 Å². The zero-order chi connectivity index (χ0) is 16.2. The minimum absolute atomic E-state index is 0.123. The van der Waals surface area contributed by atoms with E-state index in [1.807, 2.05) is 36.4 Å². The van der Waals surface area contributed by atoms with E-state index in [-0.39, 0.29) is 17.4 Å². The van der Waals surface area contributed by atoms with Crippen molar-refractivity contribution < 1.29 is 4.79 Å². The molecule has 23 heavy (non-hydrogen) atoms. The van der Waals surface area contributed by atoms with Gasteiger partial charge in [0.05, 0.1) is 11.4 Å². The molecule has 0 saturated carbocycles. The Bertz CT molecular complexity index is 842. The van der Waals surface area contributed by atoms with Gasteiger partial charge in [-0.25, -0.2) is 4.68 Å². The molecule has 0 bridgehead atoms. The highest BCUT2D eigenvalue weighted by molar-refractivity contribution is 6.05. The lowest BCUT2D eigenvalue weighted by Gasteiger charge is -2.09. The van der Waals surface area contributed by atoms with Crippen molar-refractivity contribution in [3.63, 3.8) is 0 Å². The van der Waals surface area contributed by atoms with Crippen LogP contribution in [0.4, 0.5) is 11.5 Å². The molecule has 1 amide bonds. The predicted molar refractivity (Wildman–Crippen MR) is 88.2 cm³/mol. The zero-order valence-electron chi connectivity index (χ0n) is 12.4. The first-order valence-electron chi connectivity index (χ1n) is 7.05. The average Bonchev–Trinajstić information content (AvgIpc) is 2.92. The number of carbonyl (C=O) groups is 1. The van der Waals surface area contributed by atoms with Gasteiger partial charge in [0.2, 0.25) is 0 Å². The Balaban J connectivity index is 2.04. The number of amides is 1. The first-order chi connectivity index (χ1) is 11.2. The number of para-hydroxylation sites is 1. The van der Waals surface area contributed by atoms with Crippen LogP contribution in [0.1, 0.15) is 16.1 Å². The van der Waals surface area contributed by atoms with Crippen LogP contribution in [0.15, 0.2) is 65.8 Å².